The quantitative estimate of drug-likeness (QED) is 0.830. The summed E-state index contributed by atoms with van der Waals surface area (Å²) in [7, 11) is 0. The monoisotopic (exact) mass is 265 g/mol. The summed E-state index contributed by atoms with van der Waals surface area (Å²) in [6.45, 7) is 5.13. The number of amides is 1. The highest BCUT2D eigenvalue weighted by Gasteiger charge is 2.28. The lowest BCUT2D eigenvalue weighted by Crippen LogP contribution is -2.30. The Hall–Kier alpha value is -1.65. The first-order valence-corrected chi connectivity index (χ1v) is 6.80. The van der Waals surface area contributed by atoms with Crippen molar-refractivity contribution < 1.29 is 9.18 Å². The SMILES string of the molecule is CCNc1nccc(C(=O)NCC(C)C2CC2)c1F. The Balaban J connectivity index is 1.99. The number of anilines is 1. The summed E-state index contributed by atoms with van der Waals surface area (Å²) >= 11 is 0. The van der Waals surface area contributed by atoms with E-state index in [9.17, 15) is 9.18 Å². The minimum Gasteiger partial charge on any atom is -0.368 e. The summed E-state index contributed by atoms with van der Waals surface area (Å²) < 4.78 is 14.0. The maximum absolute atomic E-state index is 14.0. The number of aromatic nitrogens is 1. The third-order valence-electron chi connectivity index (χ3n) is 3.49. The summed E-state index contributed by atoms with van der Waals surface area (Å²) in [6.07, 6.45) is 3.93. The summed E-state index contributed by atoms with van der Waals surface area (Å²) in [5, 5.41) is 5.59. The van der Waals surface area contributed by atoms with Crippen molar-refractivity contribution in [2.24, 2.45) is 11.8 Å². The number of nitrogens with zero attached hydrogens (tertiary/aromatic N) is 1. The van der Waals surface area contributed by atoms with Gasteiger partial charge >= 0.3 is 0 Å². The van der Waals surface area contributed by atoms with E-state index in [0.29, 0.717) is 19.0 Å². The second-order valence-electron chi connectivity index (χ2n) is 5.08. The second-order valence-corrected chi connectivity index (χ2v) is 5.08. The van der Waals surface area contributed by atoms with E-state index in [2.05, 4.69) is 22.5 Å². The van der Waals surface area contributed by atoms with Crippen LogP contribution in [0.1, 0.15) is 37.0 Å². The molecule has 1 fully saturated rings. The minimum atomic E-state index is -0.582. The highest BCUT2D eigenvalue weighted by Crippen LogP contribution is 2.36. The molecule has 4 nitrogen and oxygen atoms in total. The Morgan fingerprint density at radius 3 is 2.95 bits per heavy atom. The Bertz CT molecular complexity index is 460. The molecule has 1 unspecified atom stereocenters. The molecule has 1 atom stereocenters. The molecule has 1 aromatic rings. The molecule has 0 spiro atoms. The molecule has 0 saturated heterocycles. The molecule has 1 saturated carbocycles. The van der Waals surface area contributed by atoms with Crippen LogP contribution in [-0.2, 0) is 0 Å². The lowest BCUT2D eigenvalue weighted by molar-refractivity contribution is 0.0942. The number of hydrogen-bond donors (Lipinski definition) is 2. The van der Waals surface area contributed by atoms with Gasteiger partial charge in [-0.25, -0.2) is 9.37 Å². The van der Waals surface area contributed by atoms with Crippen molar-refractivity contribution in [1.29, 1.82) is 0 Å². The second kappa shape index (κ2) is 5.99. The normalized spacial score (nSPS) is 15.9. The lowest BCUT2D eigenvalue weighted by Gasteiger charge is -2.12. The summed E-state index contributed by atoms with van der Waals surface area (Å²) in [5.74, 6) is 0.361. The van der Waals surface area contributed by atoms with Gasteiger partial charge in [0.15, 0.2) is 11.6 Å². The van der Waals surface area contributed by atoms with Crippen molar-refractivity contribution in [1.82, 2.24) is 10.3 Å². The van der Waals surface area contributed by atoms with Gasteiger partial charge in [-0.2, -0.15) is 0 Å². The summed E-state index contributed by atoms with van der Waals surface area (Å²) in [6, 6.07) is 1.41. The maximum Gasteiger partial charge on any atom is 0.254 e. The van der Waals surface area contributed by atoms with Crippen LogP contribution in [0.4, 0.5) is 10.2 Å². The van der Waals surface area contributed by atoms with Crippen LogP contribution in [0, 0.1) is 17.7 Å². The molecule has 1 aliphatic rings. The van der Waals surface area contributed by atoms with Crippen molar-refractivity contribution in [2.75, 3.05) is 18.4 Å². The van der Waals surface area contributed by atoms with Gasteiger partial charge in [0.05, 0.1) is 5.56 Å². The zero-order chi connectivity index (χ0) is 13.8. The van der Waals surface area contributed by atoms with Crippen molar-refractivity contribution in [3.63, 3.8) is 0 Å². The highest BCUT2D eigenvalue weighted by atomic mass is 19.1. The number of nitrogens with one attached hydrogen (secondary N) is 2. The first-order chi connectivity index (χ1) is 9.13. The molecule has 1 aliphatic carbocycles. The summed E-state index contributed by atoms with van der Waals surface area (Å²) in [4.78, 5) is 15.8. The maximum atomic E-state index is 14.0. The molecule has 0 aliphatic heterocycles. The van der Waals surface area contributed by atoms with Gasteiger partial charge in [0, 0.05) is 19.3 Å². The fourth-order valence-electron chi connectivity index (χ4n) is 2.09. The van der Waals surface area contributed by atoms with Crippen LogP contribution in [0.15, 0.2) is 12.3 Å². The average Bonchev–Trinajstić information content (AvgIpc) is 3.22. The van der Waals surface area contributed by atoms with Gasteiger partial charge in [-0.1, -0.05) is 6.92 Å². The van der Waals surface area contributed by atoms with Crippen LogP contribution in [0.25, 0.3) is 0 Å². The smallest absolute Gasteiger partial charge is 0.254 e. The van der Waals surface area contributed by atoms with E-state index in [1.54, 1.807) is 0 Å². The molecule has 19 heavy (non-hydrogen) atoms. The van der Waals surface area contributed by atoms with Gasteiger partial charge in [0.1, 0.15) is 0 Å². The number of rotatable bonds is 6. The molecule has 1 heterocycles. The van der Waals surface area contributed by atoms with E-state index in [1.165, 1.54) is 25.1 Å². The number of halogens is 1. The molecular weight excluding hydrogens is 245 g/mol. The molecular formula is C14H20FN3O. The van der Waals surface area contributed by atoms with Crippen LogP contribution in [0.5, 0.6) is 0 Å². The van der Waals surface area contributed by atoms with Crippen LogP contribution in [-0.4, -0.2) is 24.0 Å². The molecule has 5 heteroatoms. The number of carbonyl (C=O) groups excluding carboxylic acids is 1. The zero-order valence-electron chi connectivity index (χ0n) is 11.4. The fourth-order valence-corrected chi connectivity index (χ4v) is 2.09. The van der Waals surface area contributed by atoms with E-state index in [1.807, 2.05) is 6.92 Å². The van der Waals surface area contributed by atoms with Crippen LogP contribution in [0.3, 0.4) is 0 Å². The van der Waals surface area contributed by atoms with E-state index < -0.39 is 5.82 Å². The van der Waals surface area contributed by atoms with Crippen LogP contribution >= 0.6 is 0 Å². The van der Waals surface area contributed by atoms with Crippen LogP contribution in [0.2, 0.25) is 0 Å². The predicted octanol–water partition coefficient (Wildman–Crippen LogP) is 2.43. The lowest BCUT2D eigenvalue weighted by atomic mass is 10.1. The summed E-state index contributed by atoms with van der Waals surface area (Å²) in [5.41, 5.74) is 0.0500. The number of hydrogen-bond acceptors (Lipinski definition) is 3. The third-order valence-corrected chi connectivity index (χ3v) is 3.49. The van der Waals surface area contributed by atoms with Crippen LogP contribution < -0.4 is 10.6 Å². The first-order valence-electron chi connectivity index (χ1n) is 6.80. The van der Waals surface area contributed by atoms with Gasteiger partial charge in [-0.3, -0.25) is 4.79 Å². The van der Waals surface area contributed by atoms with Gasteiger partial charge in [0.25, 0.3) is 5.91 Å². The van der Waals surface area contributed by atoms with Gasteiger partial charge < -0.3 is 10.6 Å². The van der Waals surface area contributed by atoms with Gasteiger partial charge in [-0.05, 0) is 37.7 Å². The fraction of sp³-hybridized carbons (Fsp3) is 0.571. The van der Waals surface area contributed by atoms with E-state index >= 15 is 0 Å². The Morgan fingerprint density at radius 1 is 1.58 bits per heavy atom. The molecule has 0 bridgehead atoms. The van der Waals surface area contributed by atoms with Gasteiger partial charge in [0.2, 0.25) is 0 Å². The van der Waals surface area contributed by atoms with Crippen molar-refractivity contribution in [3.05, 3.63) is 23.6 Å². The molecule has 2 rings (SSSR count). The molecule has 0 radical (unpaired) electrons. The van der Waals surface area contributed by atoms with E-state index in [0.717, 1.165) is 5.92 Å². The number of carbonyl (C=O) groups is 1. The first kappa shape index (κ1) is 13.8. The largest absolute Gasteiger partial charge is 0.368 e. The Morgan fingerprint density at radius 2 is 2.32 bits per heavy atom. The van der Waals surface area contributed by atoms with Crippen molar-refractivity contribution in [3.8, 4) is 0 Å². The average molecular weight is 265 g/mol. The van der Waals surface area contributed by atoms with Gasteiger partial charge in [-0.15, -0.1) is 0 Å². The number of pyridine rings is 1. The van der Waals surface area contributed by atoms with E-state index in [4.69, 9.17) is 0 Å². The molecule has 0 aromatic carbocycles. The predicted molar refractivity (Wildman–Crippen MR) is 72.6 cm³/mol. The minimum absolute atomic E-state index is 0.0500. The molecule has 104 valence electrons. The van der Waals surface area contributed by atoms with Crippen molar-refractivity contribution in [2.45, 2.75) is 26.7 Å². The van der Waals surface area contributed by atoms with Crippen molar-refractivity contribution >= 4 is 11.7 Å². The molecule has 1 aromatic heterocycles. The topological polar surface area (TPSA) is 54.0 Å². The molecule has 1 amide bonds. The Labute approximate surface area is 112 Å². The standard InChI is InChI=1S/C14H20FN3O/c1-3-16-13-12(15)11(6-7-17-13)14(19)18-8-9(2)10-4-5-10/h6-7,9-10H,3-5,8H2,1-2H3,(H,16,17)(H,18,19). The third kappa shape index (κ3) is 3.43. The van der Waals surface area contributed by atoms with E-state index in [-0.39, 0.29) is 17.3 Å². The zero-order valence-corrected chi connectivity index (χ0v) is 11.4. The highest BCUT2D eigenvalue weighted by molar-refractivity contribution is 5.95. The Kier molecular flexibility index (Phi) is 4.35. The molecule has 2 N–H and O–H groups in total.